The van der Waals surface area contributed by atoms with E-state index in [1.54, 1.807) is 9.13 Å². The second kappa shape index (κ2) is 27.8. The van der Waals surface area contributed by atoms with Crippen LogP contribution in [0.4, 0.5) is 34.1 Å². The summed E-state index contributed by atoms with van der Waals surface area (Å²) in [6.45, 7) is 19.1. The minimum absolute atomic E-state index is 0.0382. The number of benzene rings is 17. The van der Waals surface area contributed by atoms with Gasteiger partial charge in [-0.2, -0.15) is 0 Å². The molecule has 0 atom stereocenters. The molecule has 6 nitrogen and oxygen atoms in total. The average molecular weight is 1650 g/mol. The van der Waals surface area contributed by atoms with Gasteiger partial charge in [-0.3, -0.25) is 0 Å². The first-order valence-corrected chi connectivity index (χ1v) is 43.5. The van der Waals surface area contributed by atoms with E-state index in [0.29, 0.717) is 78.2 Å². The Kier molecular flexibility index (Phi) is 12.4. The number of hydrogen-bond donors (Lipinski definition) is 0. The molecule has 4 aliphatic rings. The van der Waals surface area contributed by atoms with Crippen molar-refractivity contribution in [3.05, 3.63) is 432 Å². The third-order valence-electron chi connectivity index (χ3n) is 26.5. The van der Waals surface area contributed by atoms with Gasteiger partial charge in [0.1, 0.15) is 0 Å². The lowest BCUT2D eigenvalue weighted by atomic mass is 9.73. The maximum atomic E-state index is 12.3. The highest BCUT2D eigenvalue weighted by molar-refractivity contribution is 6.13. The van der Waals surface area contributed by atoms with E-state index in [2.05, 4.69) is 98.7 Å². The standard InChI is InChI=1S/C121H94N6/c1-119(2,3)80-64-97(74-34-14-10-15-35-74)117(98(65-80)75-36-16-11-17-37-75)126-107-72-85(124-105-52-32-26-46-91(105)113-95-70-83(56-54-78(95)62-109(113)124)122-101-48-28-22-42-87(101)88-43-23-29-49-102(88)122)58-60-93(107)115-94-61-59-86(125-106-53-33-27-47-92(106)114-96-71-84(57-55-79(96)63-110(114)125)123-103-50-30-24-44-89(103)90-45-25-31-51-104(90)123)73-108(94)127(112-69-82(121(7,8)9)68-111(126)116(112)115)118-99(76-38-18-12-19-39-76)66-81(120(4,5)6)67-100(118)77-40-20-13-21-41-77/h10-61,64-73,115H,62-63H2,1-9H3/i26D,27D,32D,33D,46D,47D,52D,53D,54D,55D,56D,57D,58D,59D,60D,61D,70D,71D,72D,73D. The van der Waals surface area contributed by atoms with Crippen LogP contribution in [0.5, 0.6) is 0 Å². The normalized spacial score (nSPS) is 15.6. The molecule has 0 saturated heterocycles. The third kappa shape index (κ3) is 11.3. The van der Waals surface area contributed by atoms with E-state index >= 15 is 0 Å². The number of para-hydroxylation sites is 6. The van der Waals surface area contributed by atoms with E-state index < -0.39 is 107 Å². The van der Waals surface area contributed by atoms with E-state index in [4.69, 9.17) is 0 Å². The summed E-state index contributed by atoms with van der Waals surface area (Å²) >= 11 is 0. The first-order chi connectivity index (χ1) is 70.3. The van der Waals surface area contributed by atoms with Crippen molar-refractivity contribution in [1.82, 2.24) is 18.3 Å². The minimum atomic E-state index is -1.59. The molecule has 6 heterocycles. The van der Waals surface area contributed by atoms with Gasteiger partial charge in [-0.1, -0.05) is 317 Å². The lowest BCUT2D eigenvalue weighted by Gasteiger charge is -2.47. The summed E-state index contributed by atoms with van der Waals surface area (Å²) in [6.07, 6.45) is -0.617. The van der Waals surface area contributed by atoms with Crippen molar-refractivity contribution in [3.63, 3.8) is 0 Å². The van der Waals surface area contributed by atoms with Gasteiger partial charge in [-0.25, -0.2) is 0 Å². The second-order valence-electron chi connectivity index (χ2n) is 37.1. The fraction of sp³-hybridized carbons (Fsp3) is 0.124. The van der Waals surface area contributed by atoms with E-state index in [-0.39, 0.29) is 161 Å². The molecule has 4 aromatic heterocycles. The van der Waals surface area contributed by atoms with Crippen LogP contribution in [-0.4, -0.2) is 18.3 Å². The summed E-state index contributed by atoms with van der Waals surface area (Å²) in [5.74, 6) is -1.59. The number of hydrogen-bond acceptors (Lipinski definition) is 2. The average Bonchev–Trinajstić information content (AvgIpc) is 1.59. The van der Waals surface area contributed by atoms with Crippen LogP contribution in [0.3, 0.4) is 0 Å². The van der Waals surface area contributed by atoms with Crippen molar-refractivity contribution in [2.45, 2.75) is 97.3 Å². The highest BCUT2D eigenvalue weighted by Gasteiger charge is 2.46. The van der Waals surface area contributed by atoms with Crippen LogP contribution in [0.15, 0.2) is 376 Å². The maximum absolute atomic E-state index is 12.3. The van der Waals surface area contributed by atoms with Crippen molar-refractivity contribution < 1.29 is 27.4 Å². The van der Waals surface area contributed by atoms with Crippen LogP contribution in [0.1, 0.15) is 152 Å². The Morgan fingerprint density at radius 2 is 0.567 bits per heavy atom. The zero-order valence-corrected chi connectivity index (χ0v) is 71.4. The first-order valence-electron chi connectivity index (χ1n) is 53.5. The van der Waals surface area contributed by atoms with Gasteiger partial charge >= 0.3 is 0 Å². The molecule has 25 rings (SSSR count). The predicted octanol–water partition coefficient (Wildman–Crippen LogP) is 32.2. The molecular formula is C121H94N6. The summed E-state index contributed by atoms with van der Waals surface area (Å²) in [4.78, 5) is 4.04. The Balaban J connectivity index is 0.869. The first kappa shape index (κ1) is 56.7. The molecule has 0 amide bonds. The Bertz CT molecular complexity index is 8730. The number of aromatic nitrogens is 4. The molecule has 21 aromatic rings. The highest BCUT2D eigenvalue weighted by atomic mass is 15.2. The van der Waals surface area contributed by atoms with Crippen LogP contribution in [0.2, 0.25) is 0 Å². The lowest BCUT2D eigenvalue weighted by molar-refractivity contribution is 0.589. The molecule has 0 radical (unpaired) electrons. The van der Waals surface area contributed by atoms with E-state index in [0.717, 1.165) is 54.9 Å². The summed E-state index contributed by atoms with van der Waals surface area (Å²) in [5, 5.41) is 3.08. The van der Waals surface area contributed by atoms with Crippen molar-refractivity contribution >= 4 is 99.5 Å². The Labute approximate surface area is 769 Å². The van der Waals surface area contributed by atoms with E-state index in [1.165, 1.54) is 9.13 Å². The molecule has 0 bridgehead atoms. The fourth-order valence-electron chi connectivity index (χ4n) is 20.5. The monoisotopic (exact) mass is 1650 g/mol. The van der Waals surface area contributed by atoms with Gasteiger partial charge in [0, 0.05) is 124 Å². The predicted molar refractivity (Wildman–Crippen MR) is 533 cm³/mol. The van der Waals surface area contributed by atoms with Gasteiger partial charge in [-0.15, -0.1) is 0 Å². The van der Waals surface area contributed by atoms with Gasteiger partial charge in [0.25, 0.3) is 0 Å². The van der Waals surface area contributed by atoms with E-state index in [1.807, 2.05) is 228 Å². The minimum Gasteiger partial charge on any atom is -0.313 e. The summed E-state index contributed by atoms with van der Waals surface area (Å²) in [5.41, 5.74) is 10.6. The molecule has 0 fully saturated rings. The Morgan fingerprint density at radius 1 is 0.268 bits per heavy atom. The molecule has 0 saturated carbocycles. The van der Waals surface area contributed by atoms with Gasteiger partial charge in [0.2, 0.25) is 0 Å². The topological polar surface area (TPSA) is 26.2 Å². The van der Waals surface area contributed by atoms with Crippen LogP contribution in [0, 0.1) is 0 Å². The van der Waals surface area contributed by atoms with Crippen LogP contribution < -0.4 is 9.80 Å². The SMILES string of the molecule is [2H]c1c([2H])c(-n2c3ccccc3c3ccccc32)c([2H])c2c1Cc1c-2c2c([2H])c([2H])c([2H])c([2H])c2n1-c1c([2H])c([2H])c2c(c1[2H])N(c1c(-c3ccccc3)cc(C(C)(C)C)cc1-c1ccccc1)c1cc(C(C)(C)C)cc3c1C2c1c([2H])c([2H])c(-n2c4c(c5c([2H])c([2H])c([2H])c([2H])c52)-c2c([2H])c(-n5c6ccccc6c6ccccc65)c([2H])c([2H])c2C4)c([2H])c1N3c1c(-c2ccccc2)cc(C(C)(C)C)cc1-c1ccccc1. The molecular weight excluding hydrogens is 1540 g/mol. The third-order valence-corrected chi connectivity index (χ3v) is 26.5. The summed E-state index contributed by atoms with van der Waals surface area (Å²) < 4.78 is 221. The van der Waals surface area contributed by atoms with Gasteiger partial charge in [0.05, 0.1) is 94.6 Å². The number of rotatable bonds is 10. The van der Waals surface area contributed by atoms with Gasteiger partial charge < -0.3 is 28.1 Å². The molecule has 6 heteroatoms. The summed E-state index contributed by atoms with van der Waals surface area (Å²) in [7, 11) is 0. The molecule has 2 aliphatic heterocycles. The van der Waals surface area contributed by atoms with E-state index in [9.17, 15) is 27.4 Å². The Morgan fingerprint density at radius 3 is 0.906 bits per heavy atom. The van der Waals surface area contributed by atoms with Crippen LogP contribution >= 0.6 is 0 Å². The molecule has 608 valence electrons. The summed E-state index contributed by atoms with van der Waals surface area (Å²) in [6, 6.07) is 73.1. The quantitative estimate of drug-likeness (QED) is 0.136. The van der Waals surface area contributed by atoms with Crippen molar-refractivity contribution in [2.75, 3.05) is 9.80 Å². The maximum Gasteiger partial charge on any atom is 0.0667 e. The fourth-order valence-corrected chi connectivity index (χ4v) is 20.5. The molecule has 0 N–H and O–H groups in total. The van der Waals surface area contributed by atoms with Crippen molar-refractivity contribution in [1.29, 1.82) is 0 Å². The second-order valence-corrected chi connectivity index (χ2v) is 37.1. The molecule has 0 spiro atoms. The zero-order chi connectivity index (χ0) is 103. The number of anilines is 6. The molecule has 17 aromatic carbocycles. The molecule has 2 aliphatic carbocycles. The zero-order valence-electron chi connectivity index (χ0n) is 91.4. The van der Waals surface area contributed by atoms with Crippen LogP contribution in [-0.2, 0) is 29.1 Å². The highest BCUT2D eigenvalue weighted by Crippen LogP contribution is 2.66. The molecule has 127 heavy (non-hydrogen) atoms. The smallest absolute Gasteiger partial charge is 0.0667 e. The lowest BCUT2D eigenvalue weighted by Crippen LogP contribution is -2.31. The Hall–Kier alpha value is -15.0. The number of fused-ring (bicyclic) bond motifs is 20. The van der Waals surface area contributed by atoms with Gasteiger partial charge in [0.15, 0.2) is 0 Å². The van der Waals surface area contributed by atoms with Crippen molar-refractivity contribution in [2.24, 2.45) is 0 Å². The van der Waals surface area contributed by atoms with Crippen LogP contribution in [0.25, 0.3) is 155 Å². The largest absolute Gasteiger partial charge is 0.313 e. The molecule has 0 unspecified atom stereocenters. The number of nitrogens with zero attached hydrogens (tertiary/aromatic N) is 6. The van der Waals surface area contributed by atoms with Crippen molar-refractivity contribution in [3.8, 4) is 89.5 Å². The van der Waals surface area contributed by atoms with Gasteiger partial charge in [-0.05, 0) is 210 Å².